The number of carbonyl (C=O) groups excluding carboxylic acids is 1. The van der Waals surface area contributed by atoms with E-state index in [0.29, 0.717) is 6.42 Å². The fourth-order valence-electron chi connectivity index (χ4n) is 1.50. The van der Waals surface area contributed by atoms with Crippen LogP contribution in [0.5, 0.6) is 0 Å². The Morgan fingerprint density at radius 1 is 1.50 bits per heavy atom. The number of nitrogens with one attached hydrogen (secondary N) is 1. The summed E-state index contributed by atoms with van der Waals surface area (Å²) in [5.41, 5.74) is 5.41. The van der Waals surface area contributed by atoms with Gasteiger partial charge < -0.3 is 16.3 Å². The smallest absolute Gasteiger partial charge is 0.223 e. The van der Waals surface area contributed by atoms with Crippen LogP contribution in [0.2, 0.25) is 0 Å². The maximum atomic E-state index is 11.7. The lowest BCUT2D eigenvalue weighted by Gasteiger charge is -2.19. The Morgan fingerprint density at radius 3 is 2.56 bits per heavy atom. The van der Waals surface area contributed by atoms with E-state index in [-0.39, 0.29) is 23.7 Å². The molecule has 0 fully saturated rings. The molecule has 0 saturated heterocycles. The third-order valence-corrected chi connectivity index (χ3v) is 2.59. The van der Waals surface area contributed by atoms with E-state index in [1.165, 1.54) is 0 Å². The molecule has 0 rings (SSSR count). The average molecular weight is 229 g/mol. The summed E-state index contributed by atoms with van der Waals surface area (Å²) < 4.78 is 0. The van der Waals surface area contributed by atoms with E-state index in [1.54, 1.807) is 0 Å². The Kier molecular flexibility index (Phi) is 7.33. The molecule has 0 radical (unpaired) electrons. The number of oxime groups is 1. The minimum atomic E-state index is -0.0530. The first kappa shape index (κ1) is 14.7. The van der Waals surface area contributed by atoms with Crippen molar-refractivity contribution in [1.82, 2.24) is 5.32 Å². The van der Waals surface area contributed by atoms with Crippen LogP contribution < -0.4 is 11.1 Å². The molecular weight excluding hydrogens is 206 g/mol. The highest BCUT2D eigenvalue weighted by Crippen LogP contribution is 2.07. The number of carbonyl (C=O) groups is 1. The SMILES string of the molecule is CCCC(C)C(=O)NC(CC)CC(N)=NO. The van der Waals surface area contributed by atoms with Crippen LogP contribution in [0.4, 0.5) is 0 Å². The molecule has 0 aliphatic heterocycles. The van der Waals surface area contributed by atoms with Gasteiger partial charge in [0.1, 0.15) is 5.84 Å². The largest absolute Gasteiger partial charge is 0.409 e. The standard InChI is InChI=1S/C11H23N3O2/c1-4-6-8(3)11(15)13-9(5-2)7-10(12)14-16/h8-9,16H,4-7H2,1-3H3,(H2,12,14)(H,13,15). The molecular formula is C11H23N3O2. The topological polar surface area (TPSA) is 87.7 Å². The van der Waals surface area contributed by atoms with Crippen molar-refractivity contribution in [3.8, 4) is 0 Å². The fraction of sp³-hybridized carbons (Fsp3) is 0.818. The lowest BCUT2D eigenvalue weighted by atomic mass is 10.0. The Balaban J connectivity index is 4.16. The second-order valence-electron chi connectivity index (χ2n) is 4.10. The zero-order valence-electron chi connectivity index (χ0n) is 10.4. The summed E-state index contributed by atoms with van der Waals surface area (Å²) in [6.07, 6.45) is 3.02. The number of nitrogens with zero attached hydrogens (tertiary/aromatic N) is 1. The van der Waals surface area contributed by atoms with Crippen molar-refractivity contribution in [3.05, 3.63) is 0 Å². The first-order valence-electron chi connectivity index (χ1n) is 5.81. The number of hydrogen-bond acceptors (Lipinski definition) is 3. The minimum absolute atomic E-state index is 0.0198. The van der Waals surface area contributed by atoms with E-state index in [1.807, 2.05) is 13.8 Å². The van der Waals surface area contributed by atoms with Crippen molar-refractivity contribution < 1.29 is 10.0 Å². The Hall–Kier alpha value is -1.26. The van der Waals surface area contributed by atoms with E-state index in [9.17, 15) is 4.79 Å². The molecule has 5 heteroatoms. The predicted molar refractivity (Wildman–Crippen MR) is 64.3 cm³/mol. The van der Waals surface area contributed by atoms with Gasteiger partial charge in [-0.3, -0.25) is 4.79 Å². The maximum Gasteiger partial charge on any atom is 0.223 e. The number of amidine groups is 1. The number of amides is 1. The predicted octanol–water partition coefficient (Wildman–Crippen LogP) is 1.45. The molecule has 2 atom stereocenters. The van der Waals surface area contributed by atoms with E-state index < -0.39 is 0 Å². The van der Waals surface area contributed by atoms with Gasteiger partial charge in [-0.05, 0) is 12.8 Å². The molecule has 0 aliphatic rings. The molecule has 0 bridgehead atoms. The van der Waals surface area contributed by atoms with E-state index in [0.717, 1.165) is 19.3 Å². The van der Waals surface area contributed by atoms with Crippen LogP contribution in [0, 0.1) is 5.92 Å². The summed E-state index contributed by atoms with van der Waals surface area (Å²) in [7, 11) is 0. The van der Waals surface area contributed by atoms with Crippen LogP contribution in [0.3, 0.4) is 0 Å². The van der Waals surface area contributed by atoms with Gasteiger partial charge in [0.15, 0.2) is 0 Å². The van der Waals surface area contributed by atoms with Gasteiger partial charge in [0.25, 0.3) is 0 Å². The molecule has 94 valence electrons. The molecule has 0 aromatic rings. The molecule has 16 heavy (non-hydrogen) atoms. The Bertz CT molecular complexity index is 241. The molecule has 0 aromatic carbocycles. The first-order valence-corrected chi connectivity index (χ1v) is 5.81. The van der Waals surface area contributed by atoms with E-state index >= 15 is 0 Å². The lowest BCUT2D eigenvalue weighted by molar-refractivity contribution is -0.125. The zero-order chi connectivity index (χ0) is 12.6. The van der Waals surface area contributed by atoms with Crippen molar-refractivity contribution in [2.45, 2.75) is 52.5 Å². The van der Waals surface area contributed by atoms with Crippen LogP contribution in [-0.2, 0) is 4.79 Å². The van der Waals surface area contributed by atoms with Crippen molar-refractivity contribution in [2.75, 3.05) is 0 Å². The van der Waals surface area contributed by atoms with Gasteiger partial charge in [-0.1, -0.05) is 32.3 Å². The molecule has 0 spiro atoms. The summed E-state index contributed by atoms with van der Waals surface area (Å²) in [6.45, 7) is 5.92. The summed E-state index contributed by atoms with van der Waals surface area (Å²) in [5, 5.41) is 14.3. The average Bonchev–Trinajstić information content (AvgIpc) is 2.27. The summed E-state index contributed by atoms with van der Waals surface area (Å²) >= 11 is 0. The second kappa shape index (κ2) is 7.96. The molecule has 5 nitrogen and oxygen atoms in total. The first-order chi connectivity index (χ1) is 7.54. The molecule has 4 N–H and O–H groups in total. The van der Waals surface area contributed by atoms with Crippen LogP contribution in [0.25, 0.3) is 0 Å². The molecule has 0 saturated carbocycles. The number of rotatable bonds is 7. The van der Waals surface area contributed by atoms with Crippen LogP contribution >= 0.6 is 0 Å². The zero-order valence-corrected chi connectivity index (χ0v) is 10.4. The third-order valence-electron chi connectivity index (χ3n) is 2.59. The Labute approximate surface area is 97.1 Å². The van der Waals surface area contributed by atoms with Crippen molar-refractivity contribution in [3.63, 3.8) is 0 Å². The quantitative estimate of drug-likeness (QED) is 0.267. The molecule has 0 aromatic heterocycles. The Morgan fingerprint density at radius 2 is 2.12 bits per heavy atom. The van der Waals surface area contributed by atoms with Gasteiger partial charge in [0, 0.05) is 18.4 Å². The minimum Gasteiger partial charge on any atom is -0.409 e. The normalized spacial score (nSPS) is 15.6. The van der Waals surface area contributed by atoms with Gasteiger partial charge in [-0.25, -0.2) is 0 Å². The molecule has 2 unspecified atom stereocenters. The van der Waals surface area contributed by atoms with E-state index in [2.05, 4.69) is 17.4 Å². The van der Waals surface area contributed by atoms with Crippen LogP contribution in [0.1, 0.15) is 46.5 Å². The highest BCUT2D eigenvalue weighted by molar-refractivity contribution is 5.82. The van der Waals surface area contributed by atoms with Gasteiger partial charge in [0.05, 0.1) is 0 Å². The highest BCUT2D eigenvalue weighted by atomic mass is 16.4. The van der Waals surface area contributed by atoms with Gasteiger partial charge in [0.2, 0.25) is 5.91 Å². The fourth-order valence-corrected chi connectivity index (χ4v) is 1.50. The maximum absolute atomic E-state index is 11.7. The lowest BCUT2D eigenvalue weighted by Crippen LogP contribution is -2.40. The van der Waals surface area contributed by atoms with Crippen molar-refractivity contribution in [1.29, 1.82) is 0 Å². The highest BCUT2D eigenvalue weighted by Gasteiger charge is 2.16. The second-order valence-corrected chi connectivity index (χ2v) is 4.10. The molecule has 1 amide bonds. The molecule has 0 heterocycles. The van der Waals surface area contributed by atoms with Crippen molar-refractivity contribution >= 4 is 11.7 Å². The van der Waals surface area contributed by atoms with Crippen molar-refractivity contribution in [2.24, 2.45) is 16.8 Å². The number of nitrogens with two attached hydrogens (primary N) is 1. The van der Waals surface area contributed by atoms with E-state index in [4.69, 9.17) is 10.9 Å². The van der Waals surface area contributed by atoms with Gasteiger partial charge in [-0.2, -0.15) is 0 Å². The summed E-state index contributed by atoms with van der Waals surface area (Å²) in [5.74, 6) is 0.209. The molecule has 0 aliphatic carbocycles. The van der Waals surface area contributed by atoms with Gasteiger partial charge >= 0.3 is 0 Å². The third kappa shape index (κ3) is 5.58. The van der Waals surface area contributed by atoms with Gasteiger partial charge in [-0.15, -0.1) is 0 Å². The van der Waals surface area contributed by atoms with Crippen LogP contribution in [0.15, 0.2) is 5.16 Å². The summed E-state index contributed by atoms with van der Waals surface area (Å²) in [4.78, 5) is 11.7. The monoisotopic (exact) mass is 229 g/mol. The summed E-state index contributed by atoms with van der Waals surface area (Å²) in [6, 6.07) is -0.0530. The van der Waals surface area contributed by atoms with Crippen LogP contribution in [-0.4, -0.2) is 23.0 Å². The number of hydrogen-bond donors (Lipinski definition) is 3.